The molecule has 1 saturated heterocycles. The molecular weight excluding hydrogens is 222 g/mol. The van der Waals surface area contributed by atoms with Gasteiger partial charge < -0.3 is 10.6 Å². The van der Waals surface area contributed by atoms with Gasteiger partial charge >= 0.3 is 0 Å². The van der Waals surface area contributed by atoms with E-state index in [4.69, 9.17) is 5.73 Å². The van der Waals surface area contributed by atoms with Crippen LogP contribution in [0.2, 0.25) is 0 Å². The molecule has 1 saturated carbocycles. The largest absolute Gasteiger partial charge is 0.329 e. The molecule has 1 aliphatic carbocycles. The Morgan fingerprint density at radius 2 is 1.89 bits per heavy atom. The van der Waals surface area contributed by atoms with E-state index in [1.807, 2.05) is 0 Å². The maximum atomic E-state index is 6.20. The molecule has 1 aliphatic heterocycles. The molecule has 0 spiro atoms. The first-order valence-electron chi connectivity index (χ1n) is 7.80. The van der Waals surface area contributed by atoms with Crippen molar-refractivity contribution in [2.45, 2.75) is 58.0 Å². The van der Waals surface area contributed by atoms with Crippen LogP contribution < -0.4 is 5.73 Å². The van der Waals surface area contributed by atoms with Crippen LogP contribution in [0.15, 0.2) is 0 Å². The van der Waals surface area contributed by atoms with E-state index in [0.717, 1.165) is 12.5 Å². The van der Waals surface area contributed by atoms with Crippen LogP contribution in [0.25, 0.3) is 0 Å². The summed E-state index contributed by atoms with van der Waals surface area (Å²) in [6.45, 7) is 12.7. The summed E-state index contributed by atoms with van der Waals surface area (Å²) in [5, 5.41) is 0. The Morgan fingerprint density at radius 3 is 2.28 bits per heavy atom. The van der Waals surface area contributed by atoms with E-state index in [-0.39, 0.29) is 5.54 Å². The molecule has 2 N–H and O–H groups in total. The molecule has 0 aromatic heterocycles. The lowest BCUT2D eigenvalue weighted by molar-refractivity contribution is 0.00353. The van der Waals surface area contributed by atoms with Gasteiger partial charge in [0, 0.05) is 24.7 Å². The van der Waals surface area contributed by atoms with E-state index < -0.39 is 0 Å². The van der Waals surface area contributed by atoms with Gasteiger partial charge in [0.2, 0.25) is 0 Å². The molecule has 3 nitrogen and oxygen atoms in total. The van der Waals surface area contributed by atoms with Crippen LogP contribution in [0.5, 0.6) is 0 Å². The fraction of sp³-hybridized carbons (Fsp3) is 1.00. The number of hydrogen-bond donors (Lipinski definition) is 1. The second-order valence-corrected chi connectivity index (χ2v) is 6.55. The van der Waals surface area contributed by atoms with Crippen LogP contribution >= 0.6 is 0 Å². The lowest BCUT2D eigenvalue weighted by Gasteiger charge is -2.50. The zero-order valence-electron chi connectivity index (χ0n) is 12.5. The van der Waals surface area contributed by atoms with Crippen LogP contribution in [0.3, 0.4) is 0 Å². The second-order valence-electron chi connectivity index (χ2n) is 6.55. The molecule has 2 fully saturated rings. The minimum absolute atomic E-state index is 0.280. The lowest BCUT2D eigenvalue weighted by Crippen LogP contribution is -2.61. The normalized spacial score (nSPS) is 25.0. The van der Waals surface area contributed by atoms with Gasteiger partial charge in [0.25, 0.3) is 0 Å². The van der Waals surface area contributed by atoms with Gasteiger partial charge in [-0.3, -0.25) is 4.90 Å². The Hall–Kier alpha value is -0.120. The number of piperidine rings is 1. The van der Waals surface area contributed by atoms with Crippen LogP contribution in [-0.2, 0) is 0 Å². The minimum atomic E-state index is 0.280. The molecule has 106 valence electrons. The topological polar surface area (TPSA) is 32.5 Å². The van der Waals surface area contributed by atoms with Crippen molar-refractivity contribution in [3.8, 4) is 0 Å². The summed E-state index contributed by atoms with van der Waals surface area (Å²) in [5.41, 5.74) is 6.48. The van der Waals surface area contributed by atoms with Crippen molar-refractivity contribution in [1.82, 2.24) is 9.80 Å². The predicted molar refractivity (Wildman–Crippen MR) is 77.7 cm³/mol. The molecule has 0 unspecified atom stereocenters. The Morgan fingerprint density at radius 1 is 1.28 bits per heavy atom. The van der Waals surface area contributed by atoms with E-state index >= 15 is 0 Å². The van der Waals surface area contributed by atoms with Gasteiger partial charge in [-0.25, -0.2) is 0 Å². The molecule has 0 bridgehead atoms. The first-order chi connectivity index (χ1) is 8.61. The van der Waals surface area contributed by atoms with Crippen LogP contribution in [0, 0.1) is 5.92 Å². The molecule has 3 heteroatoms. The van der Waals surface area contributed by atoms with Crippen molar-refractivity contribution in [2.75, 3.05) is 32.7 Å². The molecule has 0 radical (unpaired) electrons. The minimum Gasteiger partial charge on any atom is -0.329 e. The van der Waals surface area contributed by atoms with Crippen LogP contribution in [0.1, 0.15) is 46.5 Å². The zero-order valence-corrected chi connectivity index (χ0v) is 12.5. The Labute approximate surface area is 113 Å². The highest BCUT2D eigenvalue weighted by Gasteiger charge is 2.41. The SMILES string of the molecule is CCN1CCC(CN)(N(CC2CC2)C(C)C)CC1. The van der Waals surface area contributed by atoms with Crippen molar-refractivity contribution in [3.05, 3.63) is 0 Å². The fourth-order valence-electron chi connectivity index (χ4n) is 3.42. The van der Waals surface area contributed by atoms with Crippen molar-refractivity contribution in [2.24, 2.45) is 11.7 Å². The highest BCUT2D eigenvalue weighted by atomic mass is 15.3. The predicted octanol–water partition coefficient (Wildman–Crippen LogP) is 1.92. The van der Waals surface area contributed by atoms with Gasteiger partial charge in [0.15, 0.2) is 0 Å². The number of nitrogens with two attached hydrogens (primary N) is 1. The van der Waals surface area contributed by atoms with E-state index in [1.165, 1.54) is 51.9 Å². The summed E-state index contributed by atoms with van der Waals surface area (Å²) >= 11 is 0. The number of likely N-dealkylation sites (tertiary alicyclic amines) is 1. The Kier molecular flexibility index (Phi) is 4.68. The van der Waals surface area contributed by atoms with E-state index in [1.54, 1.807) is 0 Å². The third kappa shape index (κ3) is 3.06. The zero-order chi connectivity index (χ0) is 13.2. The molecule has 18 heavy (non-hydrogen) atoms. The van der Waals surface area contributed by atoms with Crippen molar-refractivity contribution < 1.29 is 0 Å². The molecule has 0 amide bonds. The first kappa shape index (κ1) is 14.3. The smallest absolute Gasteiger partial charge is 0.0358 e. The average Bonchev–Trinajstić information content (AvgIpc) is 3.20. The lowest BCUT2D eigenvalue weighted by atomic mass is 9.84. The molecule has 0 atom stereocenters. The number of hydrogen-bond acceptors (Lipinski definition) is 3. The molecule has 2 aliphatic rings. The molecule has 2 rings (SSSR count). The van der Waals surface area contributed by atoms with Crippen LogP contribution in [-0.4, -0.2) is 54.1 Å². The Bertz CT molecular complexity index is 252. The Balaban J connectivity index is 2.03. The second kappa shape index (κ2) is 5.89. The van der Waals surface area contributed by atoms with E-state index in [0.29, 0.717) is 6.04 Å². The molecule has 0 aromatic rings. The molecule has 0 aromatic carbocycles. The molecular formula is C15H31N3. The highest BCUT2D eigenvalue weighted by Crippen LogP contribution is 2.36. The first-order valence-corrected chi connectivity index (χ1v) is 7.80. The quantitative estimate of drug-likeness (QED) is 0.785. The van der Waals surface area contributed by atoms with Gasteiger partial charge in [-0.15, -0.1) is 0 Å². The third-order valence-corrected chi connectivity index (χ3v) is 5.00. The highest BCUT2D eigenvalue weighted by molar-refractivity contribution is 4.99. The summed E-state index contributed by atoms with van der Waals surface area (Å²) in [6.07, 6.45) is 5.38. The van der Waals surface area contributed by atoms with Gasteiger partial charge in [-0.05, 0) is 65.1 Å². The number of nitrogens with zero attached hydrogens (tertiary/aromatic N) is 2. The summed E-state index contributed by atoms with van der Waals surface area (Å²) in [6, 6.07) is 0.627. The summed E-state index contributed by atoms with van der Waals surface area (Å²) in [7, 11) is 0. The summed E-state index contributed by atoms with van der Waals surface area (Å²) in [4.78, 5) is 5.29. The average molecular weight is 253 g/mol. The number of rotatable bonds is 6. The van der Waals surface area contributed by atoms with Crippen molar-refractivity contribution in [1.29, 1.82) is 0 Å². The van der Waals surface area contributed by atoms with Crippen molar-refractivity contribution in [3.63, 3.8) is 0 Å². The molecule has 1 heterocycles. The standard InChI is InChI=1S/C15H31N3/c1-4-17-9-7-15(12-16,8-10-17)18(13(2)3)11-14-5-6-14/h13-14H,4-12,16H2,1-3H3. The summed E-state index contributed by atoms with van der Waals surface area (Å²) < 4.78 is 0. The third-order valence-electron chi connectivity index (χ3n) is 5.00. The van der Waals surface area contributed by atoms with Gasteiger partial charge in [-0.2, -0.15) is 0 Å². The fourth-order valence-corrected chi connectivity index (χ4v) is 3.42. The summed E-state index contributed by atoms with van der Waals surface area (Å²) in [5.74, 6) is 0.958. The van der Waals surface area contributed by atoms with Gasteiger partial charge in [0.1, 0.15) is 0 Å². The van der Waals surface area contributed by atoms with Gasteiger partial charge in [0.05, 0.1) is 0 Å². The van der Waals surface area contributed by atoms with Gasteiger partial charge in [-0.1, -0.05) is 6.92 Å². The monoisotopic (exact) mass is 253 g/mol. The van der Waals surface area contributed by atoms with Crippen LogP contribution in [0.4, 0.5) is 0 Å². The van der Waals surface area contributed by atoms with E-state index in [2.05, 4.69) is 30.6 Å². The maximum absolute atomic E-state index is 6.20. The van der Waals surface area contributed by atoms with Crippen molar-refractivity contribution >= 4 is 0 Å². The maximum Gasteiger partial charge on any atom is 0.0358 e. The van der Waals surface area contributed by atoms with E-state index in [9.17, 15) is 0 Å².